The summed E-state index contributed by atoms with van der Waals surface area (Å²) in [6, 6.07) is 23.3. The second-order valence-electron chi connectivity index (χ2n) is 51.5. The van der Waals surface area contributed by atoms with Crippen molar-refractivity contribution >= 4 is 29.8 Å². The Morgan fingerprint density at radius 3 is 0.532 bits per heavy atom. The van der Waals surface area contributed by atoms with Crippen LogP contribution in [0.3, 0.4) is 0 Å². The van der Waals surface area contributed by atoms with Crippen LogP contribution in [0.25, 0.3) is 0 Å². The highest BCUT2D eigenvalue weighted by Crippen LogP contribution is 2.61. The number of hydrogen-bond donors (Lipinski definition) is 0. The average molecular weight is 1920 g/mol. The molecule has 0 spiro atoms. The predicted octanol–water partition coefficient (Wildman–Crippen LogP) is 31.3. The molecule has 10 heteroatoms. The first-order valence-electron chi connectivity index (χ1n) is 60.7. The lowest BCUT2D eigenvalue weighted by molar-refractivity contribution is -0.256. The molecule has 0 heterocycles. The number of aromatic carboxylic acids is 5. The monoisotopic (exact) mass is 1910 g/mol. The number of carbonyl (C=O) groups is 5. The lowest BCUT2D eigenvalue weighted by Gasteiger charge is -2.35. The van der Waals surface area contributed by atoms with E-state index in [0.29, 0.717) is 117 Å². The summed E-state index contributed by atoms with van der Waals surface area (Å²) in [6.07, 6.45) is 86.8. The topological polar surface area (TPSA) is 201 Å². The molecule has 10 nitrogen and oxygen atoms in total. The fourth-order valence-corrected chi connectivity index (χ4v) is 34.5. The first-order valence-corrected chi connectivity index (χ1v) is 60.7. The van der Waals surface area contributed by atoms with Crippen molar-refractivity contribution in [1.82, 2.24) is 0 Å². The van der Waals surface area contributed by atoms with Crippen LogP contribution in [0.1, 0.15) is 688 Å². The van der Waals surface area contributed by atoms with Gasteiger partial charge in [0.25, 0.3) is 0 Å². The summed E-state index contributed by atoms with van der Waals surface area (Å²) in [7, 11) is 0. The van der Waals surface area contributed by atoms with Gasteiger partial charge in [0.2, 0.25) is 0 Å². The van der Waals surface area contributed by atoms with Crippen LogP contribution in [-0.4, -0.2) is 29.8 Å². The van der Waals surface area contributed by atoms with E-state index in [2.05, 4.69) is 81.4 Å². The molecule has 18 saturated carbocycles. The van der Waals surface area contributed by atoms with Crippen LogP contribution >= 0.6 is 0 Å². The van der Waals surface area contributed by atoms with Crippen molar-refractivity contribution in [3.05, 3.63) is 172 Å². The van der Waals surface area contributed by atoms with Crippen LogP contribution in [0.15, 0.2) is 60.7 Å². The van der Waals surface area contributed by atoms with Crippen molar-refractivity contribution < 1.29 is 49.5 Å². The van der Waals surface area contributed by atoms with Crippen molar-refractivity contribution in [2.75, 3.05) is 0 Å². The van der Waals surface area contributed by atoms with E-state index in [0.717, 1.165) is 201 Å². The molecule has 0 aliphatic heterocycles. The molecule has 9 unspecified atom stereocenters. The van der Waals surface area contributed by atoms with Crippen molar-refractivity contribution in [3.63, 3.8) is 0 Å². The first kappa shape index (κ1) is 103. The third-order valence-corrected chi connectivity index (χ3v) is 42.5. The van der Waals surface area contributed by atoms with Crippen LogP contribution in [0.2, 0.25) is 0 Å². The summed E-state index contributed by atoms with van der Waals surface area (Å²) in [4.78, 5) is 62.0. The summed E-state index contributed by atoms with van der Waals surface area (Å²) < 4.78 is 0. The van der Waals surface area contributed by atoms with Gasteiger partial charge in [-0.3, -0.25) is 0 Å². The first-order chi connectivity index (χ1) is 68.8. The van der Waals surface area contributed by atoms with Gasteiger partial charge in [-0.2, -0.15) is 0 Å². The smallest absolute Gasteiger partial charge is 0.0721 e. The second-order valence-corrected chi connectivity index (χ2v) is 51.5. The van der Waals surface area contributed by atoms with E-state index in [4.69, 9.17) is 0 Å². The normalized spacial score (nSPS) is 30.6. The van der Waals surface area contributed by atoms with E-state index in [-0.39, 0.29) is 0 Å². The molecule has 0 N–H and O–H groups in total. The van der Waals surface area contributed by atoms with E-state index in [1.54, 1.807) is 0 Å². The molecule has 5 aromatic carbocycles. The third-order valence-electron chi connectivity index (χ3n) is 42.5. The van der Waals surface area contributed by atoms with Crippen molar-refractivity contribution in [3.8, 4) is 0 Å². The molecule has 18 aliphatic rings. The molecule has 18 aliphatic carbocycles. The lowest BCUT2D eigenvalue weighted by atomic mass is 9.71. The zero-order valence-electron chi connectivity index (χ0n) is 88.0. The van der Waals surface area contributed by atoms with Crippen molar-refractivity contribution in [2.45, 2.75) is 553 Å². The molecule has 6 bridgehead atoms. The number of hydrogen-bond acceptors (Lipinski definition) is 10. The van der Waals surface area contributed by atoms with Gasteiger partial charge in [0, 0.05) is 27.8 Å². The molecule has 770 valence electrons. The maximum absolute atomic E-state index is 12.6. The van der Waals surface area contributed by atoms with Crippen LogP contribution in [0, 0.1) is 53.3 Å². The maximum atomic E-state index is 12.6. The molecule has 0 aromatic heterocycles. The fraction of sp³-hybridized carbons (Fsp3) is 0.733. The number of rotatable bonds is 20. The van der Waals surface area contributed by atoms with Crippen molar-refractivity contribution in [2.24, 2.45) is 53.3 Å². The minimum atomic E-state index is -0.934. The zero-order valence-corrected chi connectivity index (χ0v) is 88.0. The minimum absolute atomic E-state index is 0.401. The van der Waals surface area contributed by atoms with Gasteiger partial charge in [0.15, 0.2) is 0 Å². The number of fused-ring (bicyclic) bond motifs is 6. The van der Waals surface area contributed by atoms with Gasteiger partial charge in [-0.15, -0.1) is 0 Å². The maximum Gasteiger partial charge on any atom is 0.0721 e. The van der Waals surface area contributed by atoms with Crippen molar-refractivity contribution in [1.29, 1.82) is 0 Å². The zero-order chi connectivity index (χ0) is 97.2. The highest BCUT2D eigenvalue weighted by molar-refractivity contribution is 5.93. The highest BCUT2D eigenvalue weighted by Gasteiger charge is 2.48. The Morgan fingerprint density at radius 1 is 0.170 bits per heavy atom. The van der Waals surface area contributed by atoms with Gasteiger partial charge in [0.05, 0.1) is 29.8 Å². The predicted molar refractivity (Wildman–Crippen MR) is 562 cm³/mol. The summed E-state index contributed by atoms with van der Waals surface area (Å²) in [5.41, 5.74) is 21.8. The molecule has 0 radical (unpaired) electrons. The average Bonchev–Trinajstić information content (AvgIpc) is 1.68. The van der Waals surface area contributed by atoms with E-state index >= 15 is 0 Å². The van der Waals surface area contributed by atoms with Crippen LogP contribution in [0.5, 0.6) is 0 Å². The van der Waals surface area contributed by atoms with Gasteiger partial charge in [0.1, 0.15) is 0 Å². The van der Waals surface area contributed by atoms with E-state index < -0.39 is 29.8 Å². The van der Waals surface area contributed by atoms with Crippen LogP contribution in [-0.2, 0) is 0 Å². The largest absolute Gasteiger partial charge is 0.545 e. The van der Waals surface area contributed by atoms with Crippen LogP contribution in [0.4, 0.5) is 0 Å². The number of carboxylic acids is 5. The van der Waals surface area contributed by atoms with Gasteiger partial charge < -0.3 is 49.5 Å². The summed E-state index contributed by atoms with van der Waals surface area (Å²) in [5, 5.41) is 62.0. The quantitative estimate of drug-likeness (QED) is 0.0675. The highest BCUT2D eigenvalue weighted by atomic mass is 16.4. The molecule has 9 atom stereocenters. The molecule has 18 fully saturated rings. The minimum Gasteiger partial charge on any atom is -0.545 e. The Hall–Kier alpha value is -6.55. The van der Waals surface area contributed by atoms with Gasteiger partial charge >= 0.3 is 0 Å². The lowest BCUT2D eigenvalue weighted by Crippen LogP contribution is -2.29. The number of carbonyl (C=O) groups excluding carboxylic acids is 5. The van der Waals surface area contributed by atoms with Gasteiger partial charge in [-0.05, 0) is 437 Å². The SMILES string of the molecule is CC1CCC(c2cc(C3CCC(C)CC3)c(C(=O)[O-])c(C3CCC(C)CC3)c2)CC1.O=C([O-])c1c(C2CC3CCC2C3)cc(C2CC3CCC2C3)cc1C1CC2CCC1C2.O=C([O-])c1c(C2CCCC2)cc(C2CCCC2)cc1C1CCCC1.O=C([O-])c1c(C2CCCCC2)cc(C2CCCCC2)cc1C1CCCCC1.O=C([O-])c1c(C2CCCCCC2)cc(C2CCCCCC2)cc1C1CCCCCC1. The van der Waals surface area contributed by atoms with Gasteiger partial charge in [-0.1, -0.05) is 313 Å². The Bertz CT molecular complexity index is 4770. The molecule has 0 amide bonds. The Balaban J connectivity index is 0.000000112. The fourth-order valence-electron chi connectivity index (χ4n) is 34.5. The van der Waals surface area contributed by atoms with Gasteiger partial charge in [-0.25, -0.2) is 0 Å². The molecular formula is C131H181O10-5. The summed E-state index contributed by atoms with van der Waals surface area (Å²) in [6.45, 7) is 7.05. The summed E-state index contributed by atoms with van der Waals surface area (Å²) in [5.74, 6) is 10.2. The Kier molecular flexibility index (Phi) is 35.5. The molecule has 141 heavy (non-hydrogen) atoms. The van der Waals surface area contributed by atoms with E-state index in [9.17, 15) is 49.5 Å². The molecule has 23 rings (SSSR count). The van der Waals surface area contributed by atoms with E-state index in [1.807, 2.05) is 0 Å². The Morgan fingerprint density at radius 2 is 0.333 bits per heavy atom. The standard InChI is InChI=1S/C28H36O2.2C28H42O2.C25H36O2.C22H30O2/c29-28(30)27-25(23-11-16-2-5-19(23)8-16)13-21(22-10-15-1-4-18(22)7-15)14-26(27)24-12-17-3-6-20(24)9-17;1-18-4-10-21(11-5-18)24-16-25(22-12-6-19(2)7-13-22)27(28(29)30)26(17-24)23-14-8-20(3)9-15-23;29-28(30)27-25(22-15-9-3-4-10-16-22)19-24(21-13-7-1-2-8-14-21)20-26(27)23-17-11-5-6-12-18-23;26-25(27)24-22(19-12-6-2-7-13-19)16-21(18-10-4-1-5-11-18)17-23(24)20-14-8-3-9-15-20;23-22(24)21-19(16-9-3-4-10-16)13-18(15-7-1-2-8-15)14-20(21)17-11-5-6-12-17/h13-20,22-24H,1-12H2,(H,29,30);16-23H,4-15H2,1-3H3,(H,29,30);19-23H,1-18H2,(H,29,30);16-20H,1-15H2,(H,26,27);13-17H,1-12H2,(H,23,24)/p-5. The van der Waals surface area contributed by atoms with Crippen LogP contribution < -0.4 is 25.5 Å². The second kappa shape index (κ2) is 48.6. The van der Waals surface area contributed by atoms with E-state index in [1.165, 1.54) is 379 Å². The molecule has 5 aromatic rings. The third kappa shape index (κ3) is 24.6. The number of carboxylic acid groups (broad SMARTS) is 5. The number of benzene rings is 5. The Labute approximate surface area is 851 Å². The molecular weight excluding hydrogens is 1730 g/mol. The molecule has 0 saturated heterocycles. The summed E-state index contributed by atoms with van der Waals surface area (Å²) >= 11 is 0.